The van der Waals surface area contributed by atoms with Gasteiger partial charge in [0.2, 0.25) is 0 Å². The number of hydrogen-bond donors (Lipinski definition) is 2. The average Bonchev–Trinajstić information content (AvgIpc) is 3.01. The Balaban J connectivity index is 2.37. The molecule has 0 atom stereocenters. The van der Waals surface area contributed by atoms with Crippen molar-refractivity contribution in [3.63, 3.8) is 0 Å². The first-order valence-corrected chi connectivity index (χ1v) is 7.50. The number of nitrogens with two attached hydrogens (primary N) is 1. The first-order valence-electron chi connectivity index (χ1n) is 7.09. The SMILES string of the molecule is COc1cc(Cn2cccc2C=NNC(N)=S)c([N+](=O)[O-])cc1OC. The molecule has 10 heteroatoms. The first-order chi connectivity index (χ1) is 12.0. The molecule has 0 aliphatic rings. The average molecular weight is 363 g/mol. The summed E-state index contributed by atoms with van der Waals surface area (Å²) in [7, 11) is 2.90. The summed E-state index contributed by atoms with van der Waals surface area (Å²) in [5.74, 6) is 0.716. The number of nitro groups is 1. The summed E-state index contributed by atoms with van der Waals surface area (Å²) in [5, 5.41) is 15.3. The van der Waals surface area contributed by atoms with E-state index in [-0.39, 0.29) is 17.3 Å². The normalized spacial score (nSPS) is 10.6. The fraction of sp³-hybridized carbons (Fsp3) is 0.200. The second-order valence-corrected chi connectivity index (χ2v) is 5.33. The highest BCUT2D eigenvalue weighted by atomic mass is 32.1. The van der Waals surface area contributed by atoms with E-state index < -0.39 is 4.92 Å². The second kappa shape index (κ2) is 8.11. The lowest BCUT2D eigenvalue weighted by Crippen LogP contribution is -2.24. The third kappa shape index (κ3) is 4.44. The van der Waals surface area contributed by atoms with Gasteiger partial charge in [-0.2, -0.15) is 5.10 Å². The Bertz CT molecular complexity index is 818. The van der Waals surface area contributed by atoms with Crippen LogP contribution in [0.3, 0.4) is 0 Å². The third-order valence-electron chi connectivity index (χ3n) is 3.36. The molecule has 0 radical (unpaired) electrons. The Morgan fingerprint density at radius 1 is 1.44 bits per heavy atom. The lowest BCUT2D eigenvalue weighted by atomic mass is 10.1. The molecular formula is C15H17N5O4S. The van der Waals surface area contributed by atoms with Crippen LogP contribution in [-0.2, 0) is 6.54 Å². The minimum Gasteiger partial charge on any atom is -0.493 e. The Labute approximate surface area is 149 Å². The van der Waals surface area contributed by atoms with Crippen LogP contribution in [0.15, 0.2) is 35.6 Å². The van der Waals surface area contributed by atoms with Crippen LogP contribution in [0, 0.1) is 10.1 Å². The van der Waals surface area contributed by atoms with E-state index in [4.69, 9.17) is 15.2 Å². The highest BCUT2D eigenvalue weighted by Gasteiger charge is 2.20. The van der Waals surface area contributed by atoms with Crippen LogP contribution >= 0.6 is 12.2 Å². The highest BCUT2D eigenvalue weighted by Crippen LogP contribution is 2.34. The maximum Gasteiger partial charge on any atom is 0.278 e. The summed E-state index contributed by atoms with van der Waals surface area (Å²) in [6.07, 6.45) is 3.30. The monoisotopic (exact) mass is 363 g/mol. The lowest BCUT2D eigenvalue weighted by Gasteiger charge is -2.12. The molecule has 0 unspecified atom stereocenters. The molecule has 3 N–H and O–H groups in total. The maximum absolute atomic E-state index is 11.4. The van der Waals surface area contributed by atoms with E-state index >= 15 is 0 Å². The van der Waals surface area contributed by atoms with Gasteiger partial charge in [0.25, 0.3) is 5.69 Å². The van der Waals surface area contributed by atoms with Gasteiger partial charge in [0, 0.05) is 6.20 Å². The van der Waals surface area contributed by atoms with Crippen molar-refractivity contribution >= 4 is 29.2 Å². The number of rotatable bonds is 7. The number of aromatic nitrogens is 1. The van der Waals surface area contributed by atoms with Gasteiger partial charge in [0.05, 0.1) is 49.2 Å². The molecule has 0 aliphatic heterocycles. The standard InChI is InChI=1S/C15H17N5O4S/c1-23-13-6-10(12(20(21)22)7-14(13)24-2)9-19-5-3-4-11(19)8-17-18-15(16)25/h3-8H,9H2,1-2H3,(H3,16,18,25). The number of hydrogen-bond acceptors (Lipinski definition) is 6. The van der Waals surface area contributed by atoms with E-state index in [0.29, 0.717) is 22.8 Å². The lowest BCUT2D eigenvalue weighted by molar-refractivity contribution is -0.385. The van der Waals surface area contributed by atoms with Gasteiger partial charge in [-0.25, -0.2) is 0 Å². The largest absolute Gasteiger partial charge is 0.493 e. The number of ether oxygens (including phenoxy) is 2. The van der Waals surface area contributed by atoms with Gasteiger partial charge < -0.3 is 19.8 Å². The predicted molar refractivity (Wildman–Crippen MR) is 97.2 cm³/mol. The number of methoxy groups -OCH3 is 2. The quantitative estimate of drug-likeness (QED) is 0.332. The zero-order valence-electron chi connectivity index (χ0n) is 13.6. The zero-order chi connectivity index (χ0) is 18.4. The van der Waals surface area contributed by atoms with Crippen molar-refractivity contribution in [2.45, 2.75) is 6.54 Å². The third-order valence-corrected chi connectivity index (χ3v) is 3.45. The van der Waals surface area contributed by atoms with Crippen LogP contribution in [0.4, 0.5) is 5.69 Å². The second-order valence-electron chi connectivity index (χ2n) is 4.89. The fourth-order valence-electron chi connectivity index (χ4n) is 2.24. The number of benzene rings is 1. The molecule has 1 aromatic heterocycles. The molecule has 0 saturated carbocycles. The van der Waals surface area contributed by atoms with Crippen molar-refractivity contribution in [1.29, 1.82) is 0 Å². The molecule has 2 aromatic rings. The molecule has 0 amide bonds. The Morgan fingerprint density at radius 3 is 2.72 bits per heavy atom. The summed E-state index contributed by atoms with van der Waals surface area (Å²) in [6.45, 7) is 0.248. The molecule has 25 heavy (non-hydrogen) atoms. The molecule has 132 valence electrons. The van der Waals surface area contributed by atoms with E-state index in [1.807, 2.05) is 0 Å². The molecule has 0 aliphatic carbocycles. The Kier molecular flexibility index (Phi) is 5.90. The number of thiocarbonyl (C=S) groups is 1. The molecule has 0 saturated heterocycles. The van der Waals surface area contributed by atoms with E-state index in [0.717, 1.165) is 0 Å². The van der Waals surface area contributed by atoms with Crippen molar-refractivity contribution in [2.24, 2.45) is 10.8 Å². The fourth-order valence-corrected chi connectivity index (χ4v) is 2.29. The van der Waals surface area contributed by atoms with Gasteiger partial charge in [-0.1, -0.05) is 0 Å². The smallest absolute Gasteiger partial charge is 0.278 e. The first kappa shape index (κ1) is 18.2. The van der Waals surface area contributed by atoms with Gasteiger partial charge in [-0.15, -0.1) is 0 Å². The van der Waals surface area contributed by atoms with E-state index in [9.17, 15) is 10.1 Å². The predicted octanol–water partition coefficient (Wildman–Crippen LogP) is 1.63. The Hall–Kier alpha value is -3.14. The van der Waals surface area contributed by atoms with Crippen molar-refractivity contribution < 1.29 is 14.4 Å². The van der Waals surface area contributed by atoms with Crippen molar-refractivity contribution in [3.8, 4) is 11.5 Å². The van der Waals surface area contributed by atoms with Crippen molar-refractivity contribution in [2.75, 3.05) is 14.2 Å². The van der Waals surface area contributed by atoms with E-state index in [1.54, 1.807) is 29.0 Å². The van der Waals surface area contributed by atoms with Gasteiger partial charge in [0.15, 0.2) is 16.6 Å². The number of nitro benzene ring substituents is 1. The van der Waals surface area contributed by atoms with Gasteiger partial charge in [-0.3, -0.25) is 15.5 Å². The molecular weight excluding hydrogens is 346 g/mol. The van der Waals surface area contributed by atoms with Crippen LogP contribution in [0.5, 0.6) is 11.5 Å². The Morgan fingerprint density at radius 2 is 2.12 bits per heavy atom. The number of nitrogens with zero attached hydrogens (tertiary/aromatic N) is 3. The minimum atomic E-state index is -0.455. The van der Waals surface area contributed by atoms with Gasteiger partial charge >= 0.3 is 0 Å². The summed E-state index contributed by atoms with van der Waals surface area (Å²) in [6, 6.07) is 6.54. The number of nitrogens with one attached hydrogen (secondary N) is 1. The maximum atomic E-state index is 11.4. The van der Waals surface area contributed by atoms with Gasteiger partial charge in [0.1, 0.15) is 0 Å². The topological polar surface area (TPSA) is 117 Å². The molecule has 9 nitrogen and oxygen atoms in total. The van der Waals surface area contributed by atoms with Crippen molar-refractivity contribution in [1.82, 2.24) is 9.99 Å². The molecule has 0 bridgehead atoms. The summed E-state index contributed by atoms with van der Waals surface area (Å²) in [5.41, 5.74) is 8.89. The van der Waals surface area contributed by atoms with Gasteiger partial charge in [-0.05, 0) is 30.4 Å². The molecule has 2 rings (SSSR count). The van der Waals surface area contributed by atoms with Crippen molar-refractivity contribution in [3.05, 3.63) is 51.8 Å². The van der Waals surface area contributed by atoms with Crippen LogP contribution in [-0.4, -0.2) is 35.0 Å². The molecule has 1 heterocycles. The summed E-state index contributed by atoms with van der Waals surface area (Å²) >= 11 is 4.67. The van der Waals surface area contributed by atoms with Crippen LogP contribution in [0.25, 0.3) is 0 Å². The van der Waals surface area contributed by atoms with Crippen LogP contribution in [0.2, 0.25) is 0 Å². The molecule has 0 spiro atoms. The van der Waals surface area contributed by atoms with Crippen LogP contribution in [0.1, 0.15) is 11.3 Å². The van der Waals surface area contributed by atoms with E-state index in [2.05, 4.69) is 22.7 Å². The highest BCUT2D eigenvalue weighted by molar-refractivity contribution is 7.80. The molecule has 0 fully saturated rings. The van der Waals surface area contributed by atoms with E-state index in [1.165, 1.54) is 26.5 Å². The minimum absolute atomic E-state index is 0.0462. The summed E-state index contributed by atoms with van der Waals surface area (Å²) in [4.78, 5) is 10.9. The molecule has 1 aromatic carbocycles. The van der Waals surface area contributed by atoms with Crippen LogP contribution < -0.4 is 20.6 Å². The zero-order valence-corrected chi connectivity index (χ0v) is 14.4. The summed E-state index contributed by atoms with van der Waals surface area (Å²) < 4.78 is 12.1. The number of hydrazone groups is 1.